The maximum absolute atomic E-state index is 15.2. The molecule has 0 radical (unpaired) electrons. The van der Waals surface area contributed by atoms with Crippen molar-refractivity contribution >= 4 is 10.0 Å². The van der Waals surface area contributed by atoms with Crippen molar-refractivity contribution in [2.24, 2.45) is 0 Å². The lowest BCUT2D eigenvalue weighted by molar-refractivity contribution is 0.0871. The first-order chi connectivity index (χ1) is 13.0. The molecule has 4 rings (SSSR count). The molecule has 27 heavy (non-hydrogen) atoms. The Morgan fingerprint density at radius 1 is 1.00 bits per heavy atom. The van der Waals surface area contributed by atoms with Gasteiger partial charge in [-0.15, -0.1) is 0 Å². The highest BCUT2D eigenvalue weighted by atomic mass is 32.2. The molecule has 1 saturated heterocycles. The summed E-state index contributed by atoms with van der Waals surface area (Å²) in [5, 5.41) is 3.36. The van der Waals surface area contributed by atoms with Gasteiger partial charge in [-0.1, -0.05) is 48.5 Å². The van der Waals surface area contributed by atoms with Crippen LogP contribution in [-0.2, 0) is 10.0 Å². The van der Waals surface area contributed by atoms with Crippen molar-refractivity contribution in [1.82, 2.24) is 9.62 Å². The first-order valence-corrected chi connectivity index (χ1v) is 10.9. The number of nitrogens with one attached hydrogen (secondary N) is 1. The standard InChI is InChI=1S/C21H25FN2O2S/c22-21(16-23-20-15-19(20)17-7-3-1-4-8-17)11-13-24(14-12-21)27(25,26)18-9-5-2-6-10-18/h1-10,19-20,23H,11-16H2/t19-,20+/m0/s1. The topological polar surface area (TPSA) is 49.4 Å². The van der Waals surface area contributed by atoms with Gasteiger partial charge in [-0.25, -0.2) is 12.8 Å². The molecular weight excluding hydrogens is 363 g/mol. The second kappa shape index (κ2) is 7.34. The molecule has 2 aliphatic rings. The van der Waals surface area contributed by atoms with Gasteiger partial charge in [-0.05, 0) is 37.0 Å². The lowest BCUT2D eigenvalue weighted by atomic mass is 9.94. The maximum atomic E-state index is 15.2. The minimum atomic E-state index is -3.53. The van der Waals surface area contributed by atoms with Crippen LogP contribution in [0.25, 0.3) is 0 Å². The minimum Gasteiger partial charge on any atom is -0.310 e. The number of benzene rings is 2. The average molecular weight is 389 g/mol. The summed E-state index contributed by atoms with van der Waals surface area (Å²) in [7, 11) is -3.53. The van der Waals surface area contributed by atoms with E-state index in [1.54, 1.807) is 30.3 Å². The van der Waals surface area contributed by atoms with Gasteiger partial charge in [-0.2, -0.15) is 4.31 Å². The van der Waals surface area contributed by atoms with Crippen molar-refractivity contribution in [1.29, 1.82) is 0 Å². The quantitative estimate of drug-likeness (QED) is 0.826. The highest BCUT2D eigenvalue weighted by molar-refractivity contribution is 7.89. The number of rotatable bonds is 6. The van der Waals surface area contributed by atoms with Crippen LogP contribution in [0.1, 0.15) is 30.7 Å². The van der Waals surface area contributed by atoms with Crippen molar-refractivity contribution < 1.29 is 12.8 Å². The number of hydrogen-bond donors (Lipinski definition) is 1. The first-order valence-electron chi connectivity index (χ1n) is 9.50. The molecule has 1 heterocycles. The van der Waals surface area contributed by atoms with E-state index in [4.69, 9.17) is 0 Å². The van der Waals surface area contributed by atoms with Crippen LogP contribution in [0, 0.1) is 0 Å². The molecule has 0 bridgehead atoms. The molecule has 4 nitrogen and oxygen atoms in total. The Labute approximate surface area is 160 Å². The van der Waals surface area contributed by atoms with E-state index in [9.17, 15) is 8.42 Å². The van der Waals surface area contributed by atoms with Gasteiger partial charge >= 0.3 is 0 Å². The number of alkyl halides is 1. The third-order valence-corrected chi connectivity index (χ3v) is 7.61. The lowest BCUT2D eigenvalue weighted by Gasteiger charge is -2.36. The molecule has 2 atom stereocenters. The third kappa shape index (κ3) is 4.08. The Morgan fingerprint density at radius 2 is 1.59 bits per heavy atom. The summed E-state index contributed by atoms with van der Waals surface area (Å²) in [5.74, 6) is 0.466. The van der Waals surface area contributed by atoms with Gasteiger partial charge in [0.15, 0.2) is 0 Å². The second-order valence-electron chi connectivity index (χ2n) is 7.61. The molecule has 0 amide bonds. The fourth-order valence-corrected chi connectivity index (χ4v) is 5.31. The third-order valence-electron chi connectivity index (χ3n) is 5.70. The maximum Gasteiger partial charge on any atom is 0.243 e. The van der Waals surface area contributed by atoms with Crippen molar-refractivity contribution in [2.75, 3.05) is 19.6 Å². The van der Waals surface area contributed by atoms with E-state index in [1.165, 1.54) is 9.87 Å². The molecule has 2 aromatic carbocycles. The zero-order chi connectivity index (χ0) is 18.9. The molecule has 1 aliphatic heterocycles. The Balaban J connectivity index is 1.30. The molecule has 0 unspecified atom stereocenters. The predicted molar refractivity (Wildman–Crippen MR) is 104 cm³/mol. The second-order valence-corrected chi connectivity index (χ2v) is 9.55. The van der Waals surface area contributed by atoms with E-state index in [0.717, 1.165) is 6.42 Å². The number of hydrogen-bond acceptors (Lipinski definition) is 3. The van der Waals surface area contributed by atoms with E-state index in [1.807, 2.05) is 18.2 Å². The zero-order valence-corrected chi connectivity index (χ0v) is 16.0. The summed E-state index contributed by atoms with van der Waals surface area (Å²) < 4.78 is 41.9. The molecule has 1 saturated carbocycles. The van der Waals surface area contributed by atoms with Crippen LogP contribution in [0.5, 0.6) is 0 Å². The zero-order valence-electron chi connectivity index (χ0n) is 15.2. The van der Waals surface area contributed by atoms with Gasteiger partial charge in [0.25, 0.3) is 0 Å². The fourth-order valence-electron chi connectivity index (χ4n) is 3.85. The van der Waals surface area contributed by atoms with Crippen molar-refractivity contribution in [3.05, 3.63) is 66.2 Å². The smallest absolute Gasteiger partial charge is 0.243 e. The first kappa shape index (κ1) is 18.6. The molecule has 144 valence electrons. The highest BCUT2D eigenvalue weighted by Gasteiger charge is 2.42. The molecule has 1 N–H and O–H groups in total. The highest BCUT2D eigenvalue weighted by Crippen LogP contribution is 2.41. The number of nitrogens with zero attached hydrogens (tertiary/aromatic N) is 1. The molecule has 6 heteroatoms. The van der Waals surface area contributed by atoms with Gasteiger partial charge in [0, 0.05) is 31.6 Å². The molecule has 1 aliphatic carbocycles. The van der Waals surface area contributed by atoms with Gasteiger partial charge < -0.3 is 5.32 Å². The van der Waals surface area contributed by atoms with Gasteiger partial charge in [0.05, 0.1) is 4.90 Å². The lowest BCUT2D eigenvalue weighted by Crippen LogP contribution is -2.49. The predicted octanol–water partition coefficient (Wildman–Crippen LogP) is 3.33. The molecule has 2 fully saturated rings. The summed E-state index contributed by atoms with van der Waals surface area (Å²) in [6, 6.07) is 19.0. The van der Waals surface area contributed by atoms with E-state index in [2.05, 4.69) is 17.4 Å². The van der Waals surface area contributed by atoms with Gasteiger partial charge in [-0.3, -0.25) is 0 Å². The summed E-state index contributed by atoms with van der Waals surface area (Å²) >= 11 is 0. The van der Waals surface area contributed by atoms with E-state index < -0.39 is 15.7 Å². The number of sulfonamides is 1. The minimum absolute atomic E-state index is 0.224. The van der Waals surface area contributed by atoms with E-state index in [-0.39, 0.29) is 30.8 Å². The van der Waals surface area contributed by atoms with Crippen LogP contribution < -0.4 is 5.32 Å². The van der Waals surface area contributed by atoms with Gasteiger partial charge in [0.2, 0.25) is 10.0 Å². The van der Waals surface area contributed by atoms with Gasteiger partial charge in [0.1, 0.15) is 5.67 Å². The van der Waals surface area contributed by atoms with Crippen LogP contribution in [0.15, 0.2) is 65.6 Å². The SMILES string of the molecule is O=S(=O)(c1ccccc1)N1CCC(F)(CN[C@@H]2C[C@H]2c2ccccc2)CC1. The van der Waals surface area contributed by atoms with Crippen molar-refractivity contribution in [3.8, 4) is 0 Å². The fraction of sp³-hybridized carbons (Fsp3) is 0.429. The average Bonchev–Trinajstić information content (AvgIpc) is 3.48. The van der Waals surface area contributed by atoms with Crippen LogP contribution in [0.4, 0.5) is 4.39 Å². The van der Waals surface area contributed by atoms with Crippen molar-refractivity contribution in [2.45, 2.75) is 41.8 Å². The Kier molecular flexibility index (Phi) is 5.05. The van der Waals surface area contributed by atoms with E-state index >= 15 is 4.39 Å². The van der Waals surface area contributed by atoms with Crippen molar-refractivity contribution in [3.63, 3.8) is 0 Å². The van der Waals surface area contributed by atoms with E-state index in [0.29, 0.717) is 18.5 Å². The summed E-state index contributed by atoms with van der Waals surface area (Å²) in [5.41, 5.74) is -0.0429. The summed E-state index contributed by atoms with van der Waals surface area (Å²) in [4.78, 5) is 0.276. The molecule has 2 aromatic rings. The Hall–Kier alpha value is -1.76. The number of piperidine rings is 1. The molecule has 0 spiro atoms. The largest absolute Gasteiger partial charge is 0.310 e. The molecule has 0 aromatic heterocycles. The Morgan fingerprint density at radius 3 is 2.22 bits per heavy atom. The molecular formula is C21H25FN2O2S. The number of halogens is 1. The monoisotopic (exact) mass is 388 g/mol. The Bertz CT molecular complexity index is 866. The summed E-state index contributed by atoms with van der Waals surface area (Å²) in [6.45, 7) is 0.741. The summed E-state index contributed by atoms with van der Waals surface area (Å²) in [6.07, 6.45) is 1.50. The van der Waals surface area contributed by atoms with Crippen LogP contribution in [0.3, 0.4) is 0 Å². The normalized spacial score (nSPS) is 25.2. The van der Waals surface area contributed by atoms with Crippen LogP contribution in [-0.4, -0.2) is 44.1 Å². The van der Waals surface area contributed by atoms with Crippen LogP contribution in [0.2, 0.25) is 0 Å². The van der Waals surface area contributed by atoms with Crippen LogP contribution >= 0.6 is 0 Å².